The van der Waals surface area contributed by atoms with Gasteiger partial charge in [-0.3, -0.25) is 9.48 Å². The first-order chi connectivity index (χ1) is 12.4. The highest BCUT2D eigenvalue weighted by molar-refractivity contribution is 7.89. The molecule has 7 nitrogen and oxygen atoms in total. The van der Waals surface area contributed by atoms with Crippen LogP contribution >= 0.6 is 11.3 Å². The van der Waals surface area contributed by atoms with Gasteiger partial charge in [-0.2, -0.15) is 9.40 Å². The van der Waals surface area contributed by atoms with E-state index in [1.54, 1.807) is 29.9 Å². The molecule has 2 aromatic heterocycles. The van der Waals surface area contributed by atoms with Gasteiger partial charge >= 0.3 is 0 Å². The Bertz CT molecular complexity index is 866. The molecule has 1 saturated heterocycles. The Kier molecular flexibility index (Phi) is 5.79. The second kappa shape index (κ2) is 7.89. The fourth-order valence-corrected chi connectivity index (χ4v) is 5.76. The van der Waals surface area contributed by atoms with Gasteiger partial charge in [0.15, 0.2) is 0 Å². The molecule has 9 heteroatoms. The molecule has 0 spiro atoms. The highest BCUT2D eigenvalue weighted by atomic mass is 32.2. The third-order valence-electron chi connectivity index (χ3n) is 4.57. The minimum absolute atomic E-state index is 0.0742. The summed E-state index contributed by atoms with van der Waals surface area (Å²) in [4.78, 5) is 13.4. The first-order valence-electron chi connectivity index (χ1n) is 8.73. The Morgan fingerprint density at radius 1 is 1.31 bits per heavy atom. The van der Waals surface area contributed by atoms with Gasteiger partial charge in [-0.1, -0.05) is 6.07 Å². The van der Waals surface area contributed by atoms with Gasteiger partial charge in [0, 0.05) is 24.4 Å². The highest BCUT2D eigenvalue weighted by Gasteiger charge is 2.32. The van der Waals surface area contributed by atoms with Gasteiger partial charge in [0.25, 0.3) is 0 Å². The summed E-state index contributed by atoms with van der Waals surface area (Å²) in [6, 6.07) is 3.92. The predicted molar refractivity (Wildman–Crippen MR) is 100 cm³/mol. The minimum atomic E-state index is -3.51. The van der Waals surface area contributed by atoms with Gasteiger partial charge in [-0.25, -0.2) is 8.42 Å². The highest BCUT2D eigenvalue weighted by Crippen LogP contribution is 2.26. The molecule has 1 aliphatic heterocycles. The van der Waals surface area contributed by atoms with Crippen molar-refractivity contribution < 1.29 is 13.2 Å². The molecule has 26 heavy (non-hydrogen) atoms. The predicted octanol–water partition coefficient (Wildman–Crippen LogP) is 2.05. The Balaban J connectivity index is 1.65. The van der Waals surface area contributed by atoms with E-state index in [0.29, 0.717) is 42.5 Å². The van der Waals surface area contributed by atoms with Crippen molar-refractivity contribution in [2.24, 2.45) is 0 Å². The normalized spacial score (nSPS) is 15.5. The zero-order valence-electron chi connectivity index (χ0n) is 15.1. The molecule has 0 saturated carbocycles. The summed E-state index contributed by atoms with van der Waals surface area (Å²) in [5.41, 5.74) is 1.09. The molecule has 0 atom stereocenters. The van der Waals surface area contributed by atoms with Gasteiger partial charge in [-0.05, 0) is 38.1 Å². The second-order valence-corrected chi connectivity index (χ2v) is 9.35. The SMILES string of the molecule is Cc1nn(CCC(=O)NCc2cccs2)c(C)c1S(=O)(=O)N1CCCC1. The number of amides is 1. The van der Waals surface area contributed by atoms with Crippen LogP contribution in [0.1, 0.15) is 35.5 Å². The van der Waals surface area contributed by atoms with E-state index in [2.05, 4.69) is 10.4 Å². The summed E-state index contributed by atoms with van der Waals surface area (Å²) in [6.45, 7) is 5.48. The van der Waals surface area contributed by atoms with Crippen molar-refractivity contribution in [3.05, 3.63) is 33.8 Å². The molecule has 1 amide bonds. The van der Waals surface area contributed by atoms with E-state index in [4.69, 9.17) is 0 Å². The minimum Gasteiger partial charge on any atom is -0.351 e. The van der Waals surface area contributed by atoms with Crippen LogP contribution in [0.3, 0.4) is 0 Å². The van der Waals surface area contributed by atoms with E-state index in [1.807, 2.05) is 17.5 Å². The van der Waals surface area contributed by atoms with Crippen LogP contribution in [0.2, 0.25) is 0 Å². The number of carbonyl (C=O) groups is 1. The molecule has 2 aromatic rings. The summed E-state index contributed by atoms with van der Waals surface area (Å²) in [6.07, 6.45) is 2.06. The number of nitrogens with one attached hydrogen (secondary N) is 1. The number of sulfonamides is 1. The van der Waals surface area contributed by atoms with Crippen LogP contribution in [0.15, 0.2) is 22.4 Å². The lowest BCUT2D eigenvalue weighted by Crippen LogP contribution is -2.28. The lowest BCUT2D eigenvalue weighted by Gasteiger charge is -2.15. The largest absolute Gasteiger partial charge is 0.351 e. The number of hydrogen-bond acceptors (Lipinski definition) is 5. The van der Waals surface area contributed by atoms with Gasteiger partial charge < -0.3 is 5.32 Å². The van der Waals surface area contributed by atoms with E-state index in [9.17, 15) is 13.2 Å². The molecular formula is C17H24N4O3S2. The van der Waals surface area contributed by atoms with Crippen LogP contribution in [0.4, 0.5) is 0 Å². The van der Waals surface area contributed by atoms with Crippen LogP contribution < -0.4 is 5.32 Å². The van der Waals surface area contributed by atoms with Crippen molar-refractivity contribution in [3.63, 3.8) is 0 Å². The number of aryl methyl sites for hydroxylation is 2. The second-order valence-electron chi connectivity index (χ2n) is 6.44. The summed E-state index contributed by atoms with van der Waals surface area (Å²) >= 11 is 1.60. The Morgan fingerprint density at radius 2 is 2.04 bits per heavy atom. The smallest absolute Gasteiger partial charge is 0.246 e. The first-order valence-corrected chi connectivity index (χ1v) is 11.0. The molecule has 3 heterocycles. The third-order valence-corrected chi connectivity index (χ3v) is 7.60. The van der Waals surface area contributed by atoms with Crippen molar-refractivity contribution >= 4 is 27.3 Å². The zero-order chi connectivity index (χ0) is 18.7. The third kappa shape index (κ3) is 3.99. The number of thiophene rings is 1. The van der Waals surface area contributed by atoms with Gasteiger partial charge in [0.05, 0.1) is 24.5 Å². The standard InChI is InChI=1S/C17H24N4O3S2/c1-13-17(26(23,24)20-8-3-4-9-20)14(2)21(19-13)10-7-16(22)18-12-15-6-5-11-25-15/h5-6,11H,3-4,7-10,12H2,1-2H3,(H,18,22). The Hall–Kier alpha value is -1.71. The average Bonchev–Trinajstić information content (AvgIpc) is 3.33. The van der Waals surface area contributed by atoms with Gasteiger partial charge in [0.1, 0.15) is 4.90 Å². The number of hydrogen-bond donors (Lipinski definition) is 1. The maximum absolute atomic E-state index is 12.9. The molecule has 1 fully saturated rings. The topological polar surface area (TPSA) is 84.3 Å². The van der Waals surface area contributed by atoms with Crippen LogP contribution in [-0.2, 0) is 27.9 Å². The molecule has 0 unspecified atom stereocenters. The van der Waals surface area contributed by atoms with Crippen molar-refractivity contribution in [1.29, 1.82) is 0 Å². The maximum atomic E-state index is 12.9. The zero-order valence-corrected chi connectivity index (χ0v) is 16.7. The maximum Gasteiger partial charge on any atom is 0.246 e. The van der Waals surface area contributed by atoms with Crippen LogP contribution in [0, 0.1) is 13.8 Å². The van der Waals surface area contributed by atoms with E-state index in [0.717, 1.165) is 17.7 Å². The average molecular weight is 397 g/mol. The van der Waals surface area contributed by atoms with E-state index >= 15 is 0 Å². The van der Waals surface area contributed by atoms with Crippen LogP contribution in [0.25, 0.3) is 0 Å². The monoisotopic (exact) mass is 396 g/mol. The first kappa shape index (κ1) is 19.1. The molecule has 0 bridgehead atoms. The fourth-order valence-electron chi connectivity index (χ4n) is 3.22. The van der Waals surface area contributed by atoms with E-state index in [1.165, 1.54) is 4.31 Å². The van der Waals surface area contributed by atoms with Crippen molar-refractivity contribution in [2.75, 3.05) is 13.1 Å². The van der Waals surface area contributed by atoms with Crippen LogP contribution in [0.5, 0.6) is 0 Å². The number of rotatable bonds is 7. The molecule has 0 aromatic carbocycles. The lowest BCUT2D eigenvalue weighted by molar-refractivity contribution is -0.121. The molecule has 0 aliphatic carbocycles. The number of nitrogens with zero attached hydrogens (tertiary/aromatic N) is 3. The molecule has 1 aliphatic rings. The summed E-state index contributed by atoms with van der Waals surface area (Å²) in [5.74, 6) is -0.0742. The lowest BCUT2D eigenvalue weighted by atomic mass is 10.3. The fraction of sp³-hybridized carbons (Fsp3) is 0.529. The van der Waals surface area contributed by atoms with Crippen LogP contribution in [-0.4, -0.2) is 41.5 Å². The summed E-state index contributed by atoms with van der Waals surface area (Å²) < 4.78 is 28.9. The molecule has 1 N–H and O–H groups in total. The summed E-state index contributed by atoms with van der Waals surface area (Å²) in [5, 5.41) is 9.21. The van der Waals surface area contributed by atoms with Crippen molar-refractivity contribution in [2.45, 2.75) is 51.1 Å². The van der Waals surface area contributed by atoms with E-state index in [-0.39, 0.29) is 12.3 Å². The Morgan fingerprint density at radius 3 is 2.69 bits per heavy atom. The van der Waals surface area contributed by atoms with Crippen molar-refractivity contribution in [1.82, 2.24) is 19.4 Å². The molecule has 0 radical (unpaired) electrons. The van der Waals surface area contributed by atoms with E-state index < -0.39 is 10.0 Å². The number of aromatic nitrogens is 2. The molecule has 142 valence electrons. The Labute approximate surface area is 158 Å². The molecule has 3 rings (SSSR count). The van der Waals surface area contributed by atoms with Gasteiger partial charge in [0.2, 0.25) is 15.9 Å². The quantitative estimate of drug-likeness (QED) is 0.776. The number of carbonyl (C=O) groups excluding carboxylic acids is 1. The summed E-state index contributed by atoms with van der Waals surface area (Å²) in [7, 11) is -3.51. The molecular weight excluding hydrogens is 372 g/mol. The van der Waals surface area contributed by atoms with Crippen molar-refractivity contribution in [3.8, 4) is 0 Å². The van der Waals surface area contributed by atoms with Gasteiger partial charge in [-0.15, -0.1) is 11.3 Å².